The number of carbonyl (C=O) groups is 1. The smallest absolute Gasteiger partial charge is 0.234 e. The minimum absolute atomic E-state index is 0.132. The minimum atomic E-state index is -0.132. The summed E-state index contributed by atoms with van der Waals surface area (Å²) in [7, 11) is 1.60. The second kappa shape index (κ2) is 9.97. The number of ether oxygens (including phenoxy) is 1. The number of nitrogens with one attached hydrogen (secondary N) is 1. The van der Waals surface area contributed by atoms with Crippen molar-refractivity contribution in [2.45, 2.75) is 6.42 Å². The first-order valence-corrected chi connectivity index (χ1v) is 5.03. The van der Waals surface area contributed by atoms with Gasteiger partial charge in [-0.25, -0.2) is 0 Å². The average Bonchev–Trinajstić information content (AvgIpc) is 2.30. The van der Waals surface area contributed by atoms with Crippen LogP contribution >= 0.6 is 0 Å². The molecule has 0 aromatic heterocycles. The zero-order chi connectivity index (χ0) is 12.2. The fourth-order valence-corrected chi connectivity index (χ4v) is 1.11. The zero-order valence-electron chi connectivity index (χ0n) is 9.53. The molecule has 0 fully saturated rings. The van der Waals surface area contributed by atoms with Gasteiger partial charge >= 0.3 is 0 Å². The van der Waals surface area contributed by atoms with Crippen molar-refractivity contribution < 1.29 is 9.53 Å². The molecule has 1 N–H and O–H groups in total. The summed E-state index contributed by atoms with van der Waals surface area (Å²) >= 11 is 0. The molecule has 0 radical (unpaired) electrons. The molecular formula is C11H17N3O2. The van der Waals surface area contributed by atoms with Gasteiger partial charge in [0.2, 0.25) is 5.91 Å². The molecule has 5 heteroatoms. The Morgan fingerprint density at radius 1 is 1.56 bits per heavy atom. The van der Waals surface area contributed by atoms with Gasteiger partial charge in [-0.1, -0.05) is 5.92 Å². The van der Waals surface area contributed by atoms with E-state index in [1.807, 2.05) is 11.0 Å². The maximum absolute atomic E-state index is 11.4. The molecule has 1 amide bonds. The van der Waals surface area contributed by atoms with E-state index < -0.39 is 0 Å². The summed E-state index contributed by atoms with van der Waals surface area (Å²) in [5.41, 5.74) is 0. The topological polar surface area (TPSA) is 65.4 Å². The lowest BCUT2D eigenvalue weighted by Gasteiger charge is -2.19. The lowest BCUT2D eigenvalue weighted by molar-refractivity contribution is -0.122. The average molecular weight is 223 g/mol. The predicted molar refractivity (Wildman–Crippen MR) is 60.4 cm³/mol. The van der Waals surface area contributed by atoms with Crippen molar-refractivity contribution >= 4 is 5.91 Å². The first-order valence-electron chi connectivity index (χ1n) is 5.03. The molecule has 88 valence electrons. The largest absolute Gasteiger partial charge is 0.383 e. The molecule has 5 nitrogen and oxygen atoms in total. The van der Waals surface area contributed by atoms with E-state index in [4.69, 9.17) is 16.4 Å². The summed E-state index contributed by atoms with van der Waals surface area (Å²) in [6.07, 6.45) is 5.42. The van der Waals surface area contributed by atoms with Gasteiger partial charge in [-0.2, -0.15) is 5.26 Å². The number of amides is 1. The van der Waals surface area contributed by atoms with Gasteiger partial charge < -0.3 is 10.1 Å². The standard InChI is InChI=1S/C11H17N3O2/c1-3-6-13-11(15)10-14(7-4-5-12)8-9-16-2/h1H,4,6-10H2,2H3,(H,13,15). The number of nitrogens with zero attached hydrogens (tertiary/aromatic N) is 2. The molecule has 0 aliphatic carbocycles. The van der Waals surface area contributed by atoms with Crippen LogP contribution in [0.1, 0.15) is 6.42 Å². The summed E-state index contributed by atoms with van der Waals surface area (Å²) in [5, 5.41) is 11.1. The van der Waals surface area contributed by atoms with Crippen LogP contribution in [0.3, 0.4) is 0 Å². The van der Waals surface area contributed by atoms with Gasteiger partial charge in [0, 0.05) is 26.6 Å². The molecule has 0 aromatic rings. The molecule has 0 atom stereocenters. The van der Waals surface area contributed by atoms with E-state index in [1.165, 1.54) is 0 Å². The van der Waals surface area contributed by atoms with Gasteiger partial charge in [-0.05, 0) is 0 Å². The van der Waals surface area contributed by atoms with E-state index in [1.54, 1.807) is 7.11 Å². The van der Waals surface area contributed by atoms with Gasteiger partial charge in [0.25, 0.3) is 0 Å². The second-order valence-electron chi connectivity index (χ2n) is 3.16. The first kappa shape index (κ1) is 14.4. The second-order valence-corrected chi connectivity index (χ2v) is 3.16. The lowest BCUT2D eigenvalue weighted by Crippen LogP contribution is -2.39. The van der Waals surface area contributed by atoms with Gasteiger partial charge in [0.1, 0.15) is 0 Å². The number of hydrogen-bond acceptors (Lipinski definition) is 4. The summed E-state index contributed by atoms with van der Waals surface area (Å²) in [4.78, 5) is 13.2. The van der Waals surface area contributed by atoms with Crippen LogP contribution in [0.5, 0.6) is 0 Å². The van der Waals surface area contributed by atoms with Crippen molar-refractivity contribution in [3.63, 3.8) is 0 Å². The number of terminal acetylenes is 1. The number of rotatable bonds is 8. The first-order chi connectivity index (χ1) is 7.74. The van der Waals surface area contributed by atoms with E-state index >= 15 is 0 Å². The third-order valence-electron chi connectivity index (χ3n) is 1.91. The lowest BCUT2D eigenvalue weighted by atomic mass is 10.3. The number of carbonyl (C=O) groups excluding carboxylic acids is 1. The van der Waals surface area contributed by atoms with Gasteiger partial charge in [-0.15, -0.1) is 6.42 Å². The molecule has 0 unspecified atom stereocenters. The van der Waals surface area contributed by atoms with Gasteiger partial charge in [0.05, 0.1) is 25.8 Å². The molecule has 0 spiro atoms. The highest BCUT2D eigenvalue weighted by Crippen LogP contribution is 1.91. The van der Waals surface area contributed by atoms with Crippen LogP contribution in [-0.2, 0) is 9.53 Å². The molecule has 0 saturated heterocycles. The molecule has 0 rings (SSSR count). The third-order valence-corrected chi connectivity index (χ3v) is 1.91. The summed E-state index contributed by atoms with van der Waals surface area (Å²) in [6.45, 7) is 2.20. The molecule has 16 heavy (non-hydrogen) atoms. The number of methoxy groups -OCH3 is 1. The van der Waals surface area contributed by atoms with E-state index in [9.17, 15) is 4.79 Å². The van der Waals surface area contributed by atoms with Crippen LogP contribution in [0.25, 0.3) is 0 Å². The van der Waals surface area contributed by atoms with Crippen molar-refractivity contribution in [1.29, 1.82) is 5.26 Å². The van der Waals surface area contributed by atoms with Gasteiger partial charge in [-0.3, -0.25) is 9.69 Å². The quantitative estimate of drug-likeness (QED) is 0.569. The highest BCUT2D eigenvalue weighted by Gasteiger charge is 2.09. The Morgan fingerprint density at radius 3 is 2.88 bits per heavy atom. The van der Waals surface area contributed by atoms with Crippen molar-refractivity contribution in [2.75, 3.05) is 39.9 Å². The molecular weight excluding hydrogens is 206 g/mol. The summed E-state index contributed by atoms with van der Waals surface area (Å²) in [6, 6.07) is 2.04. The predicted octanol–water partition coefficient (Wildman–Crippen LogP) is -0.402. The number of nitriles is 1. The minimum Gasteiger partial charge on any atom is -0.383 e. The summed E-state index contributed by atoms with van der Waals surface area (Å²) in [5.74, 6) is 2.20. The Kier molecular flexibility index (Phi) is 9.00. The normalized spacial score (nSPS) is 9.50. The Hall–Kier alpha value is -1.56. The molecule has 0 aliphatic rings. The SMILES string of the molecule is C#CCNC(=O)CN(CCC#N)CCOC. The van der Waals surface area contributed by atoms with Crippen LogP contribution in [0, 0.1) is 23.7 Å². The highest BCUT2D eigenvalue weighted by molar-refractivity contribution is 5.78. The van der Waals surface area contributed by atoms with E-state index in [0.717, 1.165) is 0 Å². The van der Waals surface area contributed by atoms with Crippen LogP contribution in [-0.4, -0.2) is 50.7 Å². The fraction of sp³-hybridized carbons (Fsp3) is 0.636. The van der Waals surface area contributed by atoms with Crippen LogP contribution in [0.2, 0.25) is 0 Å². The zero-order valence-corrected chi connectivity index (χ0v) is 9.53. The van der Waals surface area contributed by atoms with Gasteiger partial charge in [0.15, 0.2) is 0 Å². The Balaban J connectivity index is 3.94. The molecule has 0 aromatic carbocycles. The molecule has 0 aliphatic heterocycles. The monoisotopic (exact) mass is 223 g/mol. The van der Waals surface area contributed by atoms with E-state index in [0.29, 0.717) is 26.1 Å². The summed E-state index contributed by atoms with van der Waals surface area (Å²) < 4.78 is 4.93. The van der Waals surface area contributed by atoms with E-state index in [-0.39, 0.29) is 19.0 Å². The van der Waals surface area contributed by atoms with Crippen LogP contribution in [0.4, 0.5) is 0 Å². The Bertz CT molecular complexity index is 278. The third kappa shape index (κ3) is 7.81. The van der Waals surface area contributed by atoms with Crippen molar-refractivity contribution in [1.82, 2.24) is 10.2 Å². The highest BCUT2D eigenvalue weighted by atomic mass is 16.5. The maximum atomic E-state index is 11.4. The van der Waals surface area contributed by atoms with Crippen molar-refractivity contribution in [2.24, 2.45) is 0 Å². The van der Waals surface area contributed by atoms with E-state index in [2.05, 4.69) is 11.2 Å². The molecule has 0 saturated carbocycles. The Morgan fingerprint density at radius 2 is 2.31 bits per heavy atom. The molecule has 0 heterocycles. The fourth-order valence-electron chi connectivity index (χ4n) is 1.11. The van der Waals surface area contributed by atoms with Crippen molar-refractivity contribution in [3.05, 3.63) is 0 Å². The Labute approximate surface area is 96.4 Å². The molecule has 0 bridgehead atoms. The maximum Gasteiger partial charge on any atom is 0.234 e. The van der Waals surface area contributed by atoms with Crippen LogP contribution in [0.15, 0.2) is 0 Å². The van der Waals surface area contributed by atoms with Crippen molar-refractivity contribution in [3.8, 4) is 18.4 Å². The number of hydrogen-bond donors (Lipinski definition) is 1. The van der Waals surface area contributed by atoms with Crippen LogP contribution < -0.4 is 5.32 Å².